The van der Waals surface area contributed by atoms with Crippen LogP contribution in [0.15, 0.2) is 77.9 Å². The van der Waals surface area contributed by atoms with Gasteiger partial charge in [0.15, 0.2) is 0 Å². The minimum atomic E-state index is -1.31. The predicted molar refractivity (Wildman–Crippen MR) is 147 cm³/mol. The Balaban J connectivity index is 1.73. The van der Waals surface area contributed by atoms with Gasteiger partial charge in [-0.2, -0.15) is 0 Å². The van der Waals surface area contributed by atoms with Crippen LogP contribution in [0.1, 0.15) is 25.1 Å². The lowest BCUT2D eigenvalue weighted by Gasteiger charge is -2.34. The lowest BCUT2D eigenvalue weighted by atomic mass is 9.87. The summed E-state index contributed by atoms with van der Waals surface area (Å²) in [5.74, 6) is -0.532. The second-order valence-corrected chi connectivity index (χ2v) is 9.65. The number of nitrogens with one attached hydrogen (secondary N) is 3. The van der Waals surface area contributed by atoms with Gasteiger partial charge in [-0.25, -0.2) is 9.79 Å². The lowest BCUT2D eigenvalue weighted by molar-refractivity contribution is -0.120. The van der Waals surface area contributed by atoms with Crippen LogP contribution in [0.25, 0.3) is 0 Å². The van der Waals surface area contributed by atoms with Gasteiger partial charge in [-0.1, -0.05) is 44.2 Å². The number of β-amino-alcohol motifs (C(OH)–C–C–N with tert-alkyl or cyclic N) is 1. The molecule has 2 heterocycles. The monoisotopic (exact) mass is 516 g/mol. The number of anilines is 3. The molecule has 0 saturated carbocycles. The van der Waals surface area contributed by atoms with Crippen molar-refractivity contribution in [1.29, 1.82) is 0 Å². The van der Waals surface area contributed by atoms with Gasteiger partial charge in [0.1, 0.15) is 0 Å². The van der Waals surface area contributed by atoms with Gasteiger partial charge >= 0.3 is 6.03 Å². The van der Waals surface area contributed by atoms with Crippen LogP contribution in [0.5, 0.6) is 0 Å². The van der Waals surface area contributed by atoms with E-state index in [0.29, 0.717) is 28.3 Å². The lowest BCUT2D eigenvalue weighted by Crippen LogP contribution is -2.52. The van der Waals surface area contributed by atoms with Gasteiger partial charge in [0.25, 0.3) is 5.91 Å². The summed E-state index contributed by atoms with van der Waals surface area (Å²) < 4.78 is 0. The second kappa shape index (κ2) is 11.4. The van der Waals surface area contributed by atoms with E-state index in [1.54, 1.807) is 69.6 Å². The molecule has 0 spiro atoms. The van der Waals surface area contributed by atoms with E-state index in [9.17, 15) is 19.8 Å². The molecule has 0 aliphatic carbocycles. The van der Waals surface area contributed by atoms with Crippen molar-refractivity contribution in [2.45, 2.75) is 26.1 Å². The number of nitrogens with zero attached hydrogens (tertiary/aromatic N) is 3. The van der Waals surface area contributed by atoms with Crippen molar-refractivity contribution in [2.24, 2.45) is 10.4 Å². The van der Waals surface area contributed by atoms with Crippen LogP contribution in [0.3, 0.4) is 0 Å². The highest BCUT2D eigenvalue weighted by molar-refractivity contribution is 6.19. The van der Waals surface area contributed by atoms with Gasteiger partial charge < -0.3 is 31.1 Å². The third-order valence-corrected chi connectivity index (χ3v) is 6.46. The fourth-order valence-corrected chi connectivity index (χ4v) is 3.99. The average molecular weight is 517 g/mol. The zero-order valence-corrected chi connectivity index (χ0v) is 21.5. The van der Waals surface area contributed by atoms with E-state index in [4.69, 9.17) is 0 Å². The topological polar surface area (TPSA) is 139 Å². The molecule has 1 unspecified atom stereocenters. The number of para-hydroxylation sites is 1. The molecule has 38 heavy (non-hydrogen) atoms. The van der Waals surface area contributed by atoms with Crippen LogP contribution >= 0.6 is 0 Å². The van der Waals surface area contributed by atoms with Crippen molar-refractivity contribution in [3.63, 3.8) is 0 Å². The SMILES string of the molecule is CNc1cccc(NC(=O)N[C@H]2N=C(c3ccccn3)c3ccccc3N(CC(O)C(C)(C)CO)C2=O)c1. The van der Waals surface area contributed by atoms with Crippen molar-refractivity contribution in [1.82, 2.24) is 10.3 Å². The Morgan fingerprint density at radius 3 is 2.53 bits per heavy atom. The number of hydrogen-bond donors (Lipinski definition) is 5. The summed E-state index contributed by atoms with van der Waals surface area (Å²) in [5.41, 5.74) is 2.57. The number of fused-ring (bicyclic) bond motifs is 1. The molecule has 2 aromatic carbocycles. The Labute approximate surface area is 221 Å². The Bertz CT molecular complexity index is 1330. The standard InChI is InChI=1S/C28H32N6O4/c1-28(2,17-35)23(36)16-34-22-13-5-4-11-20(22)24(21-12-6-7-14-30-21)32-25(26(34)37)33-27(38)31-19-10-8-9-18(15-19)29-3/h4-15,23,25,29,35-36H,16-17H2,1-3H3,(H2,31,33,38)/t23?,25-/m1/s1. The summed E-state index contributed by atoms with van der Waals surface area (Å²) in [7, 11) is 1.77. The quantitative estimate of drug-likeness (QED) is 0.312. The van der Waals surface area contributed by atoms with E-state index >= 15 is 0 Å². The molecule has 1 aromatic heterocycles. The molecule has 3 amide bonds. The van der Waals surface area contributed by atoms with E-state index in [1.807, 2.05) is 24.3 Å². The Hall–Kier alpha value is -4.28. The summed E-state index contributed by atoms with van der Waals surface area (Å²) >= 11 is 0. The number of carbonyl (C=O) groups excluding carboxylic acids is 2. The first-order valence-corrected chi connectivity index (χ1v) is 12.3. The van der Waals surface area contributed by atoms with Gasteiger partial charge in [-0.05, 0) is 36.4 Å². The number of carbonyl (C=O) groups is 2. The maximum atomic E-state index is 13.9. The second-order valence-electron chi connectivity index (χ2n) is 9.65. The number of urea groups is 1. The number of aliphatic imine (C=N–C) groups is 1. The molecule has 3 aromatic rings. The Morgan fingerprint density at radius 1 is 1.08 bits per heavy atom. The molecule has 198 valence electrons. The van der Waals surface area contributed by atoms with Crippen LogP contribution in [0.2, 0.25) is 0 Å². The molecule has 10 nitrogen and oxygen atoms in total. The molecule has 0 saturated heterocycles. The molecule has 1 aliphatic heterocycles. The highest BCUT2D eigenvalue weighted by Gasteiger charge is 2.37. The van der Waals surface area contributed by atoms with Crippen LogP contribution < -0.4 is 20.9 Å². The fraction of sp³-hybridized carbons (Fsp3) is 0.286. The van der Waals surface area contributed by atoms with E-state index in [1.165, 1.54) is 4.90 Å². The smallest absolute Gasteiger partial charge is 0.321 e. The molecule has 10 heteroatoms. The minimum absolute atomic E-state index is 0.113. The van der Waals surface area contributed by atoms with Crippen LogP contribution in [0.4, 0.5) is 21.9 Å². The summed E-state index contributed by atoms with van der Waals surface area (Å²) in [6.45, 7) is 3.04. The van der Waals surface area contributed by atoms with Gasteiger partial charge in [0.05, 0.1) is 36.3 Å². The maximum absolute atomic E-state index is 13.9. The number of amides is 3. The number of rotatable bonds is 8. The van der Waals surface area contributed by atoms with Crippen LogP contribution in [-0.4, -0.2) is 65.3 Å². The third-order valence-electron chi connectivity index (χ3n) is 6.46. The molecule has 0 bridgehead atoms. The number of aromatic nitrogens is 1. The summed E-state index contributed by atoms with van der Waals surface area (Å²) in [6.07, 6.45) is -0.737. The third kappa shape index (κ3) is 5.82. The summed E-state index contributed by atoms with van der Waals surface area (Å²) in [4.78, 5) is 37.4. The van der Waals surface area contributed by atoms with E-state index in [0.717, 1.165) is 5.69 Å². The Morgan fingerprint density at radius 2 is 1.82 bits per heavy atom. The van der Waals surface area contributed by atoms with Crippen molar-refractivity contribution in [3.05, 3.63) is 84.2 Å². The number of aliphatic hydroxyl groups is 2. The zero-order chi connectivity index (χ0) is 27.3. The maximum Gasteiger partial charge on any atom is 0.321 e. The molecule has 1 aliphatic rings. The number of aliphatic hydroxyl groups excluding tert-OH is 2. The van der Waals surface area contributed by atoms with Crippen molar-refractivity contribution < 1.29 is 19.8 Å². The summed E-state index contributed by atoms with van der Waals surface area (Å²) in [5, 5.41) is 29.2. The predicted octanol–water partition coefficient (Wildman–Crippen LogP) is 2.83. The first-order chi connectivity index (χ1) is 18.2. The Kier molecular flexibility index (Phi) is 8.04. The van der Waals surface area contributed by atoms with Gasteiger partial charge in [0, 0.05) is 35.6 Å². The van der Waals surface area contributed by atoms with Crippen molar-refractivity contribution in [2.75, 3.05) is 35.7 Å². The van der Waals surface area contributed by atoms with Gasteiger partial charge in [-0.15, -0.1) is 0 Å². The van der Waals surface area contributed by atoms with Crippen molar-refractivity contribution in [3.8, 4) is 0 Å². The molecule has 4 rings (SSSR count). The van der Waals surface area contributed by atoms with Gasteiger partial charge in [-0.3, -0.25) is 9.78 Å². The molecular weight excluding hydrogens is 484 g/mol. The first-order valence-electron chi connectivity index (χ1n) is 12.3. The normalized spacial score (nSPS) is 16.1. The summed E-state index contributed by atoms with van der Waals surface area (Å²) in [6, 6.07) is 19.1. The van der Waals surface area contributed by atoms with E-state index in [-0.39, 0.29) is 13.2 Å². The van der Waals surface area contributed by atoms with E-state index < -0.39 is 29.6 Å². The van der Waals surface area contributed by atoms with Crippen molar-refractivity contribution >= 4 is 34.7 Å². The zero-order valence-electron chi connectivity index (χ0n) is 21.5. The number of pyridine rings is 1. The van der Waals surface area contributed by atoms with Crippen LogP contribution in [-0.2, 0) is 4.79 Å². The molecule has 0 fully saturated rings. The average Bonchev–Trinajstić information content (AvgIpc) is 3.04. The fourth-order valence-electron chi connectivity index (χ4n) is 3.99. The highest BCUT2D eigenvalue weighted by atomic mass is 16.3. The largest absolute Gasteiger partial charge is 0.396 e. The van der Waals surface area contributed by atoms with Gasteiger partial charge in [0.2, 0.25) is 6.17 Å². The molecule has 2 atom stereocenters. The van der Waals surface area contributed by atoms with E-state index in [2.05, 4.69) is 25.9 Å². The highest BCUT2D eigenvalue weighted by Crippen LogP contribution is 2.30. The first kappa shape index (κ1) is 26.8. The molecule has 0 radical (unpaired) electrons. The minimum Gasteiger partial charge on any atom is -0.396 e. The molecule has 5 N–H and O–H groups in total. The molecular formula is C28H32N6O4. The van der Waals surface area contributed by atoms with Crippen LogP contribution in [0, 0.1) is 5.41 Å². The number of benzene rings is 2. The number of hydrogen-bond acceptors (Lipinski definition) is 7. The number of benzodiazepines with no additional fused rings is 1.